The van der Waals surface area contributed by atoms with Gasteiger partial charge >= 0.3 is 5.97 Å². The van der Waals surface area contributed by atoms with Crippen LogP contribution in [0.5, 0.6) is 0 Å². The van der Waals surface area contributed by atoms with Crippen LogP contribution in [0.2, 0.25) is 0 Å². The van der Waals surface area contributed by atoms with Gasteiger partial charge in [0.25, 0.3) is 5.91 Å². The lowest BCUT2D eigenvalue weighted by atomic mass is 10.0. The summed E-state index contributed by atoms with van der Waals surface area (Å²) >= 11 is 0. The third kappa shape index (κ3) is 3.18. The topological polar surface area (TPSA) is 83.9 Å². The number of hydroxylamine groups is 2. The molecule has 0 saturated carbocycles. The van der Waals surface area contributed by atoms with Crippen molar-refractivity contribution in [2.75, 3.05) is 0 Å². The third-order valence-electron chi connectivity index (χ3n) is 3.73. The smallest absolute Gasteiger partial charge is 0.363 e. The number of rotatable bonds is 4. The zero-order valence-electron chi connectivity index (χ0n) is 12.7. The Labute approximate surface area is 138 Å². The predicted molar refractivity (Wildman–Crippen MR) is 83.8 cm³/mol. The zero-order valence-corrected chi connectivity index (χ0v) is 12.7. The molecule has 2 aromatic rings. The lowest BCUT2D eigenvalue weighted by molar-refractivity contribution is -0.191. The number of ketones is 1. The maximum Gasteiger partial charge on any atom is 0.363 e. The van der Waals surface area contributed by atoms with Gasteiger partial charge < -0.3 is 9.94 Å². The van der Waals surface area contributed by atoms with Gasteiger partial charge in [0.15, 0.2) is 12.0 Å². The van der Waals surface area contributed by atoms with Gasteiger partial charge in [-0.1, -0.05) is 42.5 Å². The van der Waals surface area contributed by atoms with Crippen molar-refractivity contribution in [3.05, 3.63) is 71.3 Å². The maximum absolute atomic E-state index is 12.3. The summed E-state index contributed by atoms with van der Waals surface area (Å²) in [6.45, 7) is 0. The van der Waals surface area contributed by atoms with Crippen LogP contribution in [0.15, 0.2) is 54.6 Å². The molecule has 1 fully saturated rings. The Kier molecular flexibility index (Phi) is 4.39. The summed E-state index contributed by atoms with van der Waals surface area (Å²) in [6.07, 6.45) is -0.740. The van der Waals surface area contributed by atoms with Gasteiger partial charge in [0.1, 0.15) is 0 Å². The first-order valence-corrected chi connectivity index (χ1v) is 7.48. The highest BCUT2D eigenvalue weighted by Gasteiger charge is 2.33. The lowest BCUT2D eigenvalue weighted by Gasteiger charge is -2.18. The molecule has 6 heteroatoms. The molecule has 1 N–H and O–H groups in total. The maximum atomic E-state index is 12.3. The van der Waals surface area contributed by atoms with Crippen molar-refractivity contribution in [1.29, 1.82) is 0 Å². The SMILES string of the molecule is O=C(ON1C(=O)CCC1O)c1ccc(C(=O)c2ccccc2)cc1. The average Bonchev–Trinajstić information content (AvgIpc) is 2.94. The van der Waals surface area contributed by atoms with Crippen molar-refractivity contribution < 1.29 is 24.3 Å². The molecule has 0 spiro atoms. The molecular weight excluding hydrogens is 310 g/mol. The van der Waals surface area contributed by atoms with Crippen LogP contribution in [-0.2, 0) is 9.63 Å². The van der Waals surface area contributed by atoms with E-state index in [-0.39, 0.29) is 24.2 Å². The molecule has 2 aromatic carbocycles. The summed E-state index contributed by atoms with van der Waals surface area (Å²) in [6, 6.07) is 14.7. The number of hydrogen-bond acceptors (Lipinski definition) is 5. The molecule has 6 nitrogen and oxygen atoms in total. The summed E-state index contributed by atoms with van der Waals surface area (Å²) in [4.78, 5) is 40.7. The second-order valence-electron chi connectivity index (χ2n) is 5.39. The summed E-state index contributed by atoms with van der Waals surface area (Å²) in [5, 5.41) is 10.3. The number of amides is 1. The van der Waals surface area contributed by atoms with Crippen molar-refractivity contribution in [3.63, 3.8) is 0 Å². The van der Waals surface area contributed by atoms with Crippen LogP contribution < -0.4 is 0 Å². The Morgan fingerprint density at radius 1 is 0.958 bits per heavy atom. The third-order valence-corrected chi connectivity index (χ3v) is 3.73. The molecule has 1 atom stereocenters. The van der Waals surface area contributed by atoms with Gasteiger partial charge in [0, 0.05) is 24.0 Å². The monoisotopic (exact) mass is 325 g/mol. The van der Waals surface area contributed by atoms with Crippen molar-refractivity contribution in [1.82, 2.24) is 5.06 Å². The highest BCUT2D eigenvalue weighted by Crippen LogP contribution is 2.18. The average molecular weight is 325 g/mol. The minimum Gasteiger partial charge on any atom is -0.370 e. The molecule has 3 rings (SSSR count). The number of nitrogens with zero attached hydrogens (tertiary/aromatic N) is 1. The highest BCUT2D eigenvalue weighted by molar-refractivity contribution is 6.09. The minimum absolute atomic E-state index is 0.138. The highest BCUT2D eigenvalue weighted by atomic mass is 16.7. The van der Waals surface area contributed by atoms with Crippen molar-refractivity contribution in [2.45, 2.75) is 19.1 Å². The second kappa shape index (κ2) is 6.64. The van der Waals surface area contributed by atoms with Crippen molar-refractivity contribution in [2.24, 2.45) is 0 Å². The fourth-order valence-corrected chi connectivity index (χ4v) is 2.41. The number of carbonyl (C=O) groups is 3. The molecule has 1 aliphatic rings. The number of aliphatic hydroxyl groups is 1. The van der Waals surface area contributed by atoms with Crippen LogP contribution in [0.3, 0.4) is 0 Å². The summed E-state index contributed by atoms with van der Waals surface area (Å²) in [7, 11) is 0. The minimum atomic E-state index is -1.11. The van der Waals surface area contributed by atoms with Gasteiger partial charge in [0.05, 0.1) is 5.56 Å². The largest absolute Gasteiger partial charge is 0.370 e. The molecule has 1 saturated heterocycles. The molecule has 0 bridgehead atoms. The Morgan fingerprint density at radius 3 is 2.12 bits per heavy atom. The molecule has 0 aliphatic carbocycles. The van der Waals surface area contributed by atoms with Crippen molar-refractivity contribution in [3.8, 4) is 0 Å². The van der Waals surface area contributed by atoms with E-state index in [1.165, 1.54) is 24.3 Å². The first-order chi connectivity index (χ1) is 11.6. The van der Waals surface area contributed by atoms with E-state index in [4.69, 9.17) is 4.84 Å². The van der Waals surface area contributed by atoms with Gasteiger partial charge in [-0.05, 0) is 12.1 Å². The molecule has 1 unspecified atom stereocenters. The second-order valence-corrected chi connectivity index (χ2v) is 5.39. The molecule has 1 heterocycles. The Hall–Kier alpha value is -2.99. The van der Waals surface area contributed by atoms with E-state index in [0.29, 0.717) is 16.2 Å². The molecule has 1 amide bonds. The van der Waals surface area contributed by atoms with E-state index in [2.05, 4.69) is 0 Å². The van der Waals surface area contributed by atoms with Gasteiger partial charge in [-0.3, -0.25) is 9.59 Å². The fourth-order valence-electron chi connectivity index (χ4n) is 2.41. The molecule has 122 valence electrons. The van der Waals surface area contributed by atoms with Gasteiger partial charge in [0.2, 0.25) is 0 Å². The Balaban J connectivity index is 1.71. The normalized spacial score (nSPS) is 17.0. The number of carbonyl (C=O) groups excluding carboxylic acids is 3. The number of aliphatic hydroxyl groups excluding tert-OH is 1. The van der Waals surface area contributed by atoms with Crippen LogP contribution in [0, 0.1) is 0 Å². The van der Waals surface area contributed by atoms with Crippen LogP contribution in [-0.4, -0.2) is 34.1 Å². The van der Waals surface area contributed by atoms with Gasteiger partial charge in [-0.2, -0.15) is 0 Å². The van der Waals surface area contributed by atoms with E-state index >= 15 is 0 Å². The van der Waals surface area contributed by atoms with Crippen LogP contribution in [0.25, 0.3) is 0 Å². The fraction of sp³-hybridized carbons (Fsp3) is 0.167. The molecule has 0 aromatic heterocycles. The Morgan fingerprint density at radius 2 is 1.54 bits per heavy atom. The lowest BCUT2D eigenvalue weighted by Crippen LogP contribution is -2.35. The number of hydrogen-bond donors (Lipinski definition) is 1. The van der Waals surface area contributed by atoms with E-state index < -0.39 is 18.1 Å². The zero-order chi connectivity index (χ0) is 17.1. The van der Waals surface area contributed by atoms with Crippen LogP contribution in [0.4, 0.5) is 0 Å². The van der Waals surface area contributed by atoms with E-state index in [9.17, 15) is 19.5 Å². The van der Waals surface area contributed by atoms with Gasteiger partial charge in [-0.15, -0.1) is 5.06 Å². The summed E-state index contributed by atoms with van der Waals surface area (Å²) < 4.78 is 0. The first-order valence-electron chi connectivity index (χ1n) is 7.48. The first kappa shape index (κ1) is 15.9. The van der Waals surface area contributed by atoms with Crippen LogP contribution in [0.1, 0.15) is 39.1 Å². The Bertz CT molecular complexity index is 770. The predicted octanol–water partition coefficient (Wildman–Crippen LogP) is 1.93. The van der Waals surface area contributed by atoms with Gasteiger partial charge in [-0.25, -0.2) is 4.79 Å². The summed E-state index contributed by atoms with van der Waals surface area (Å²) in [5.41, 5.74) is 1.18. The molecular formula is C18H15NO5. The molecule has 1 aliphatic heterocycles. The molecule has 0 radical (unpaired) electrons. The summed E-state index contributed by atoms with van der Waals surface area (Å²) in [5.74, 6) is -1.35. The number of benzene rings is 2. The van der Waals surface area contributed by atoms with Crippen LogP contribution >= 0.6 is 0 Å². The molecule has 24 heavy (non-hydrogen) atoms. The van der Waals surface area contributed by atoms with E-state index in [1.807, 2.05) is 6.07 Å². The quantitative estimate of drug-likeness (QED) is 0.868. The van der Waals surface area contributed by atoms with Crippen molar-refractivity contribution >= 4 is 17.7 Å². The van der Waals surface area contributed by atoms with E-state index in [1.54, 1.807) is 24.3 Å². The standard InChI is InChI=1S/C18H15NO5/c20-15-10-11-16(21)19(15)24-18(23)14-8-6-13(7-9-14)17(22)12-4-2-1-3-5-12/h1-9,15,20H,10-11H2. The van der Waals surface area contributed by atoms with E-state index in [0.717, 1.165) is 0 Å².